The van der Waals surface area contributed by atoms with Crippen molar-refractivity contribution in [3.63, 3.8) is 0 Å². The normalized spacial score (nSPS) is 15.7. The van der Waals surface area contributed by atoms with Crippen molar-refractivity contribution in [3.8, 4) is 0 Å². The Kier molecular flexibility index (Phi) is 4.45. The molecule has 4 nitrogen and oxygen atoms in total. The van der Waals surface area contributed by atoms with Crippen LogP contribution in [0.3, 0.4) is 0 Å². The number of carbonyl (C=O) groups is 1. The van der Waals surface area contributed by atoms with Gasteiger partial charge in [0.15, 0.2) is 0 Å². The van der Waals surface area contributed by atoms with Crippen molar-refractivity contribution in [1.82, 2.24) is 5.32 Å². The van der Waals surface area contributed by atoms with Gasteiger partial charge in [-0.1, -0.05) is 0 Å². The molecule has 0 fully saturated rings. The lowest BCUT2D eigenvalue weighted by atomic mass is 10.2. The molecule has 0 heterocycles. The summed E-state index contributed by atoms with van der Waals surface area (Å²) in [6.45, 7) is 5.69. The Morgan fingerprint density at radius 1 is 1.50 bits per heavy atom. The Morgan fingerprint density at radius 3 is 2.36 bits per heavy atom. The summed E-state index contributed by atoms with van der Waals surface area (Å²) in [5.41, 5.74) is -0.498. The number of nitrogens with one attached hydrogen (secondary N) is 1. The van der Waals surface area contributed by atoms with Crippen molar-refractivity contribution in [3.05, 3.63) is 0 Å². The summed E-state index contributed by atoms with van der Waals surface area (Å²) in [5, 5.41) is 2.52. The molecule has 14 heavy (non-hydrogen) atoms. The molecule has 0 aliphatic rings. The van der Waals surface area contributed by atoms with Crippen LogP contribution in [0.5, 0.6) is 0 Å². The SMILES string of the molecule is C=S(C)(=O)CCNC(=O)OC(C)(C)C. The van der Waals surface area contributed by atoms with Crippen LogP contribution in [-0.2, 0) is 14.3 Å². The van der Waals surface area contributed by atoms with Gasteiger partial charge < -0.3 is 10.1 Å². The third-order valence-corrected chi connectivity index (χ3v) is 2.27. The monoisotopic (exact) mass is 221 g/mol. The molecule has 0 saturated heterocycles. The number of amides is 1. The molecule has 1 amide bonds. The first-order valence-corrected chi connectivity index (χ1v) is 6.67. The molecule has 84 valence electrons. The third-order valence-electron chi connectivity index (χ3n) is 1.20. The number of hydrogen-bond acceptors (Lipinski definition) is 3. The maximum absolute atomic E-state index is 11.2. The molecule has 0 spiro atoms. The van der Waals surface area contributed by atoms with Gasteiger partial charge in [-0.2, -0.15) is 0 Å². The molecular formula is C9H19NO3S. The standard InChI is InChI=1S/C9H19NO3S/c1-9(2,3)13-8(11)10-6-7-14(4,5)12/h4,6-7H2,1-3,5H3,(H,10,11). The van der Waals surface area contributed by atoms with E-state index in [9.17, 15) is 9.00 Å². The predicted molar refractivity (Wildman–Crippen MR) is 60.3 cm³/mol. The summed E-state index contributed by atoms with van der Waals surface area (Å²) >= 11 is 0. The second kappa shape index (κ2) is 4.68. The average Bonchev–Trinajstić information content (AvgIpc) is 1.78. The van der Waals surface area contributed by atoms with Crippen LogP contribution in [0.4, 0.5) is 4.79 Å². The number of ether oxygens (including phenoxy) is 1. The Morgan fingerprint density at radius 2 is 2.00 bits per heavy atom. The van der Waals surface area contributed by atoms with Crippen molar-refractivity contribution in [2.24, 2.45) is 0 Å². The van der Waals surface area contributed by atoms with Gasteiger partial charge in [0.2, 0.25) is 0 Å². The zero-order valence-electron chi connectivity index (χ0n) is 9.25. The smallest absolute Gasteiger partial charge is 0.407 e. The minimum absolute atomic E-state index is 0.327. The van der Waals surface area contributed by atoms with E-state index in [1.165, 1.54) is 0 Å². The van der Waals surface area contributed by atoms with E-state index < -0.39 is 21.2 Å². The molecule has 0 radical (unpaired) electrons. The zero-order chi connectivity index (χ0) is 11.4. The van der Waals surface area contributed by atoms with Crippen LogP contribution in [0.2, 0.25) is 0 Å². The van der Waals surface area contributed by atoms with E-state index >= 15 is 0 Å². The topological polar surface area (TPSA) is 55.4 Å². The number of carbonyl (C=O) groups excluding carboxylic acids is 1. The number of alkyl carbamates (subject to hydrolysis) is 1. The second-order valence-corrected chi connectivity index (χ2v) is 7.09. The fraction of sp³-hybridized carbons (Fsp3) is 0.778. The van der Waals surface area contributed by atoms with Crippen LogP contribution in [0.1, 0.15) is 20.8 Å². The van der Waals surface area contributed by atoms with E-state index in [0.717, 1.165) is 0 Å². The quantitative estimate of drug-likeness (QED) is 0.719. The predicted octanol–water partition coefficient (Wildman–Crippen LogP) is 0.857. The van der Waals surface area contributed by atoms with Gasteiger partial charge in [-0.25, -0.2) is 4.79 Å². The second-order valence-electron chi connectivity index (χ2n) is 4.32. The molecule has 0 bridgehead atoms. The highest BCUT2D eigenvalue weighted by molar-refractivity contribution is 7.99. The van der Waals surface area contributed by atoms with Gasteiger partial charge in [0, 0.05) is 18.6 Å². The first-order valence-electron chi connectivity index (χ1n) is 4.37. The fourth-order valence-electron chi connectivity index (χ4n) is 0.683. The van der Waals surface area contributed by atoms with Crippen LogP contribution < -0.4 is 5.32 Å². The van der Waals surface area contributed by atoms with Gasteiger partial charge in [-0.3, -0.25) is 4.21 Å². The molecule has 0 aliphatic carbocycles. The van der Waals surface area contributed by atoms with Crippen molar-refractivity contribution < 1.29 is 13.7 Å². The van der Waals surface area contributed by atoms with E-state index in [4.69, 9.17) is 4.74 Å². The van der Waals surface area contributed by atoms with E-state index in [2.05, 4.69) is 11.2 Å². The van der Waals surface area contributed by atoms with Crippen molar-refractivity contribution in [2.45, 2.75) is 26.4 Å². The molecule has 1 atom stereocenters. The lowest BCUT2D eigenvalue weighted by Crippen LogP contribution is -2.34. The molecular weight excluding hydrogens is 202 g/mol. The van der Waals surface area contributed by atoms with Crippen molar-refractivity contribution >= 4 is 21.5 Å². The van der Waals surface area contributed by atoms with Crippen molar-refractivity contribution in [2.75, 3.05) is 18.6 Å². The summed E-state index contributed by atoms with van der Waals surface area (Å²) in [6, 6.07) is 0. The maximum atomic E-state index is 11.2. The molecule has 0 aromatic carbocycles. The van der Waals surface area contributed by atoms with Crippen LogP contribution in [-0.4, -0.2) is 40.3 Å². The summed E-state index contributed by atoms with van der Waals surface area (Å²) in [6.07, 6.45) is 1.07. The van der Waals surface area contributed by atoms with Gasteiger partial charge in [-0.05, 0) is 36.2 Å². The molecule has 0 aliphatic heterocycles. The van der Waals surface area contributed by atoms with E-state index in [-0.39, 0.29) is 0 Å². The fourth-order valence-corrected chi connectivity index (χ4v) is 1.22. The zero-order valence-corrected chi connectivity index (χ0v) is 10.1. The van der Waals surface area contributed by atoms with Crippen LogP contribution >= 0.6 is 0 Å². The minimum Gasteiger partial charge on any atom is -0.444 e. The van der Waals surface area contributed by atoms with Crippen LogP contribution in [0.25, 0.3) is 0 Å². The minimum atomic E-state index is -2.03. The summed E-state index contributed by atoms with van der Waals surface area (Å²) in [7, 11) is -2.03. The highest BCUT2D eigenvalue weighted by atomic mass is 32.2. The Bertz CT molecular complexity index is 288. The summed E-state index contributed by atoms with van der Waals surface area (Å²) in [5.74, 6) is 3.84. The highest BCUT2D eigenvalue weighted by Gasteiger charge is 2.15. The van der Waals surface area contributed by atoms with Gasteiger partial charge in [0.1, 0.15) is 5.60 Å². The Labute approximate surface area is 86.0 Å². The first kappa shape index (κ1) is 13.3. The van der Waals surface area contributed by atoms with E-state index in [1.807, 2.05) is 0 Å². The Hall–Kier alpha value is -0.710. The van der Waals surface area contributed by atoms with Gasteiger partial charge in [-0.15, -0.1) is 0 Å². The summed E-state index contributed by atoms with van der Waals surface area (Å²) < 4.78 is 16.1. The molecule has 0 rings (SSSR count). The Balaban J connectivity index is 3.77. The van der Waals surface area contributed by atoms with Gasteiger partial charge >= 0.3 is 6.09 Å². The van der Waals surface area contributed by atoms with Gasteiger partial charge in [0.05, 0.1) is 0 Å². The molecule has 1 N–H and O–H groups in total. The average molecular weight is 221 g/mol. The molecule has 5 heteroatoms. The van der Waals surface area contributed by atoms with Crippen LogP contribution in [0.15, 0.2) is 0 Å². The van der Waals surface area contributed by atoms with E-state index in [1.54, 1.807) is 27.0 Å². The lowest BCUT2D eigenvalue weighted by Gasteiger charge is -2.19. The number of hydrogen-bond donors (Lipinski definition) is 1. The molecule has 1 unspecified atom stereocenters. The largest absolute Gasteiger partial charge is 0.444 e. The van der Waals surface area contributed by atoms with Gasteiger partial charge in [0.25, 0.3) is 0 Å². The molecule has 0 aromatic heterocycles. The maximum Gasteiger partial charge on any atom is 0.407 e. The lowest BCUT2D eigenvalue weighted by molar-refractivity contribution is 0.0531. The molecule has 0 aromatic rings. The van der Waals surface area contributed by atoms with Crippen LogP contribution in [0, 0.1) is 0 Å². The molecule has 0 saturated carbocycles. The highest BCUT2D eigenvalue weighted by Crippen LogP contribution is 2.05. The van der Waals surface area contributed by atoms with Crippen molar-refractivity contribution in [1.29, 1.82) is 0 Å². The van der Waals surface area contributed by atoms with E-state index in [0.29, 0.717) is 12.3 Å². The third kappa shape index (κ3) is 9.38. The first-order chi connectivity index (χ1) is 6.10. The summed E-state index contributed by atoms with van der Waals surface area (Å²) in [4.78, 5) is 11.1. The number of rotatable bonds is 3.